The highest BCUT2D eigenvalue weighted by atomic mass is 19.4. The molecule has 0 bridgehead atoms. The molecule has 2 aromatic rings. The zero-order chi connectivity index (χ0) is 25.4. The third kappa shape index (κ3) is 4.77. The molecular formula is C22H19F6N3O3. The number of amides is 2. The monoisotopic (exact) mass is 487 g/mol. The third-order valence-electron chi connectivity index (χ3n) is 5.22. The summed E-state index contributed by atoms with van der Waals surface area (Å²) in [6.45, 7) is 1.00. The topological polar surface area (TPSA) is 86.9 Å². The number of allylic oxidation sites excluding steroid dienone is 1. The SMILES string of the molecule is C/C(=C1/C(=O)N(c2cccc(C(F)(F)F)c2)c2cc(C(F)(F)F)ccc21)N(N)C(=O)CCCO. The predicted molar refractivity (Wildman–Crippen MR) is 110 cm³/mol. The zero-order valence-electron chi connectivity index (χ0n) is 17.7. The molecule has 1 aliphatic rings. The highest BCUT2D eigenvalue weighted by Crippen LogP contribution is 2.46. The van der Waals surface area contributed by atoms with Gasteiger partial charge in [-0.15, -0.1) is 0 Å². The average molecular weight is 487 g/mol. The summed E-state index contributed by atoms with van der Waals surface area (Å²) in [6, 6.07) is 5.98. The highest BCUT2D eigenvalue weighted by molar-refractivity contribution is 6.35. The summed E-state index contributed by atoms with van der Waals surface area (Å²) in [4.78, 5) is 26.3. The summed E-state index contributed by atoms with van der Waals surface area (Å²) < 4.78 is 79.8. The summed E-state index contributed by atoms with van der Waals surface area (Å²) in [5.41, 5.74) is -3.19. The Bertz CT molecular complexity index is 1160. The Labute approximate surface area is 189 Å². The first-order valence-electron chi connectivity index (χ1n) is 9.90. The molecule has 2 aromatic carbocycles. The van der Waals surface area contributed by atoms with Crippen LogP contribution in [0.15, 0.2) is 48.2 Å². The molecule has 12 heteroatoms. The number of benzene rings is 2. The molecule has 2 amide bonds. The van der Waals surface area contributed by atoms with Gasteiger partial charge in [0.1, 0.15) is 0 Å². The standard InChI is InChI=1S/C22H19F6N3O3/c1-12(31(29)18(33)6-3-9-32)19-16-8-7-14(22(26,27)28)11-17(16)30(20(19)34)15-5-2-4-13(10-15)21(23,24)25/h2,4-5,7-8,10-11,32H,3,6,9,29H2,1H3/b19-12-. The Balaban J connectivity index is 2.21. The van der Waals surface area contributed by atoms with E-state index in [1.165, 1.54) is 6.92 Å². The number of aliphatic hydroxyl groups excluding tert-OH is 1. The van der Waals surface area contributed by atoms with Gasteiger partial charge in [0.2, 0.25) is 5.91 Å². The fraction of sp³-hybridized carbons (Fsp3) is 0.273. The number of carbonyl (C=O) groups excluding carboxylic acids is 2. The molecular weight excluding hydrogens is 468 g/mol. The Morgan fingerprint density at radius 1 is 1.03 bits per heavy atom. The van der Waals surface area contributed by atoms with Gasteiger partial charge in [0.15, 0.2) is 0 Å². The molecule has 0 saturated heterocycles. The quantitative estimate of drug-likeness (QED) is 0.212. The van der Waals surface area contributed by atoms with E-state index in [2.05, 4.69) is 0 Å². The fourth-order valence-corrected chi connectivity index (χ4v) is 3.53. The molecule has 3 rings (SSSR count). The summed E-state index contributed by atoms with van der Waals surface area (Å²) >= 11 is 0. The van der Waals surface area contributed by atoms with E-state index in [1.54, 1.807) is 0 Å². The lowest BCUT2D eigenvalue weighted by Crippen LogP contribution is -2.37. The van der Waals surface area contributed by atoms with Gasteiger partial charge in [0.05, 0.1) is 22.4 Å². The first kappa shape index (κ1) is 25.2. The van der Waals surface area contributed by atoms with Crippen molar-refractivity contribution >= 4 is 28.8 Å². The maximum atomic E-state index is 13.4. The Kier molecular flexibility index (Phi) is 6.76. The molecule has 34 heavy (non-hydrogen) atoms. The van der Waals surface area contributed by atoms with Gasteiger partial charge in [-0.25, -0.2) is 5.84 Å². The number of rotatable bonds is 5. The van der Waals surface area contributed by atoms with Crippen molar-refractivity contribution in [3.63, 3.8) is 0 Å². The number of alkyl halides is 6. The molecule has 1 heterocycles. The van der Waals surface area contributed by atoms with Crippen LogP contribution < -0.4 is 10.7 Å². The van der Waals surface area contributed by atoms with Crippen LogP contribution in [0.3, 0.4) is 0 Å². The van der Waals surface area contributed by atoms with Crippen LogP contribution in [0.1, 0.15) is 36.5 Å². The Morgan fingerprint density at radius 3 is 2.24 bits per heavy atom. The first-order chi connectivity index (χ1) is 15.8. The van der Waals surface area contributed by atoms with Crippen LogP contribution >= 0.6 is 0 Å². The van der Waals surface area contributed by atoms with E-state index in [-0.39, 0.29) is 47.7 Å². The zero-order valence-corrected chi connectivity index (χ0v) is 17.7. The normalized spacial score (nSPS) is 15.4. The van der Waals surface area contributed by atoms with E-state index in [4.69, 9.17) is 10.9 Å². The minimum Gasteiger partial charge on any atom is -0.396 e. The Hall–Kier alpha value is -3.38. The number of hydrogen-bond donors (Lipinski definition) is 2. The van der Waals surface area contributed by atoms with E-state index >= 15 is 0 Å². The number of hydrogen-bond acceptors (Lipinski definition) is 4. The van der Waals surface area contributed by atoms with Crippen molar-refractivity contribution in [2.45, 2.75) is 32.1 Å². The molecule has 182 valence electrons. The van der Waals surface area contributed by atoms with Crippen molar-refractivity contribution in [2.75, 3.05) is 11.5 Å². The van der Waals surface area contributed by atoms with Crippen LogP contribution in [0.2, 0.25) is 0 Å². The molecule has 0 fully saturated rings. The lowest BCUT2D eigenvalue weighted by molar-refractivity contribution is -0.138. The fourth-order valence-electron chi connectivity index (χ4n) is 3.53. The van der Waals surface area contributed by atoms with E-state index in [9.17, 15) is 35.9 Å². The number of fused-ring (bicyclic) bond motifs is 1. The number of aliphatic hydroxyl groups is 1. The first-order valence-corrected chi connectivity index (χ1v) is 9.90. The number of anilines is 2. The van der Waals surface area contributed by atoms with Crippen molar-refractivity contribution in [3.8, 4) is 0 Å². The van der Waals surface area contributed by atoms with Gasteiger partial charge >= 0.3 is 12.4 Å². The third-order valence-corrected chi connectivity index (χ3v) is 5.22. The van der Waals surface area contributed by atoms with Crippen LogP contribution in [-0.2, 0) is 21.9 Å². The lowest BCUT2D eigenvalue weighted by atomic mass is 10.0. The summed E-state index contributed by atoms with van der Waals surface area (Å²) in [6.07, 6.45) is -9.61. The average Bonchev–Trinajstić information content (AvgIpc) is 3.06. The molecule has 0 saturated carbocycles. The molecule has 3 N–H and O–H groups in total. The number of nitrogens with zero attached hydrogens (tertiary/aromatic N) is 2. The number of halogens is 6. The number of carbonyl (C=O) groups is 2. The van der Waals surface area contributed by atoms with Gasteiger partial charge in [-0.05, 0) is 43.7 Å². The van der Waals surface area contributed by atoms with Crippen molar-refractivity contribution in [1.29, 1.82) is 0 Å². The predicted octanol–water partition coefficient (Wildman–Crippen LogP) is 4.61. The van der Waals surface area contributed by atoms with Crippen LogP contribution in [-0.4, -0.2) is 28.5 Å². The van der Waals surface area contributed by atoms with Gasteiger partial charge in [-0.1, -0.05) is 12.1 Å². The Morgan fingerprint density at radius 2 is 1.65 bits per heavy atom. The number of nitrogens with two attached hydrogens (primary N) is 1. The van der Waals surface area contributed by atoms with Crippen molar-refractivity contribution < 1.29 is 41.0 Å². The largest absolute Gasteiger partial charge is 0.416 e. The van der Waals surface area contributed by atoms with Crippen LogP contribution in [0.4, 0.5) is 37.7 Å². The molecule has 0 radical (unpaired) electrons. The molecule has 1 aliphatic heterocycles. The minimum atomic E-state index is -4.78. The second kappa shape index (κ2) is 9.11. The van der Waals surface area contributed by atoms with Gasteiger partial charge < -0.3 is 5.11 Å². The molecule has 6 nitrogen and oxygen atoms in total. The van der Waals surface area contributed by atoms with Gasteiger partial charge in [-0.3, -0.25) is 19.5 Å². The van der Waals surface area contributed by atoms with E-state index in [1.807, 2.05) is 0 Å². The molecule has 0 spiro atoms. The second-order valence-corrected chi connectivity index (χ2v) is 7.47. The van der Waals surface area contributed by atoms with Crippen molar-refractivity contribution in [3.05, 3.63) is 64.9 Å². The second-order valence-electron chi connectivity index (χ2n) is 7.47. The lowest BCUT2D eigenvalue weighted by Gasteiger charge is -2.21. The van der Waals surface area contributed by atoms with Crippen molar-refractivity contribution in [2.24, 2.45) is 5.84 Å². The van der Waals surface area contributed by atoms with E-state index in [0.717, 1.165) is 35.2 Å². The van der Waals surface area contributed by atoms with Crippen LogP contribution in [0.25, 0.3) is 5.57 Å². The van der Waals surface area contributed by atoms with Gasteiger partial charge in [-0.2, -0.15) is 26.3 Å². The molecule has 0 unspecified atom stereocenters. The minimum absolute atomic E-state index is 0.0293. The highest BCUT2D eigenvalue weighted by Gasteiger charge is 2.40. The van der Waals surface area contributed by atoms with E-state index < -0.39 is 35.3 Å². The van der Waals surface area contributed by atoms with Crippen LogP contribution in [0, 0.1) is 0 Å². The molecule has 0 aromatic heterocycles. The van der Waals surface area contributed by atoms with E-state index in [0.29, 0.717) is 17.1 Å². The number of hydrazine groups is 1. The molecule has 0 atom stereocenters. The summed E-state index contributed by atoms with van der Waals surface area (Å²) in [5, 5.41) is 9.53. The summed E-state index contributed by atoms with van der Waals surface area (Å²) in [7, 11) is 0. The van der Waals surface area contributed by atoms with Gasteiger partial charge in [0.25, 0.3) is 5.91 Å². The maximum absolute atomic E-state index is 13.4. The molecule has 0 aliphatic carbocycles. The van der Waals surface area contributed by atoms with Crippen molar-refractivity contribution in [1.82, 2.24) is 5.01 Å². The smallest absolute Gasteiger partial charge is 0.396 e. The maximum Gasteiger partial charge on any atom is 0.416 e. The van der Waals surface area contributed by atoms with Crippen LogP contribution in [0.5, 0.6) is 0 Å². The van der Waals surface area contributed by atoms with Gasteiger partial charge in [0, 0.05) is 30.0 Å². The summed E-state index contributed by atoms with van der Waals surface area (Å²) in [5.74, 6) is 4.19.